The van der Waals surface area contributed by atoms with E-state index in [1.54, 1.807) is 18.3 Å². The van der Waals surface area contributed by atoms with Gasteiger partial charge < -0.3 is 15.3 Å². The molecular weight excluding hydrogens is 316 g/mol. The predicted molar refractivity (Wildman–Crippen MR) is 89.3 cm³/mol. The first-order valence-corrected chi connectivity index (χ1v) is 7.83. The maximum Gasteiger partial charge on any atom is 0.306 e. The normalized spacial score (nSPS) is 15.4. The van der Waals surface area contributed by atoms with E-state index in [1.807, 2.05) is 18.2 Å². The molecular formula is C16H17ClN4O2. The summed E-state index contributed by atoms with van der Waals surface area (Å²) in [6.07, 6.45) is 2.96. The van der Waals surface area contributed by atoms with Crippen molar-refractivity contribution in [2.45, 2.75) is 12.8 Å². The molecule has 0 bridgehead atoms. The topological polar surface area (TPSA) is 78.3 Å². The quantitative estimate of drug-likeness (QED) is 0.895. The van der Waals surface area contributed by atoms with Crippen LogP contribution in [0.2, 0.25) is 5.02 Å². The monoisotopic (exact) mass is 332 g/mol. The van der Waals surface area contributed by atoms with Crippen molar-refractivity contribution in [2.24, 2.45) is 5.92 Å². The van der Waals surface area contributed by atoms with E-state index < -0.39 is 5.97 Å². The van der Waals surface area contributed by atoms with E-state index in [4.69, 9.17) is 16.7 Å². The third-order valence-electron chi connectivity index (χ3n) is 3.89. The highest BCUT2D eigenvalue weighted by Crippen LogP contribution is 2.23. The second-order valence-corrected chi connectivity index (χ2v) is 5.91. The van der Waals surface area contributed by atoms with E-state index in [2.05, 4.69) is 20.2 Å². The van der Waals surface area contributed by atoms with Gasteiger partial charge in [0.05, 0.1) is 5.92 Å². The number of nitrogens with one attached hydrogen (secondary N) is 1. The minimum absolute atomic E-state index is 0.253. The number of hydrogen-bond donors (Lipinski definition) is 2. The predicted octanol–water partition coefficient (Wildman–Crippen LogP) is 3.17. The molecule has 0 atom stereocenters. The number of piperidine rings is 1. The van der Waals surface area contributed by atoms with Crippen LogP contribution in [0.25, 0.3) is 0 Å². The Morgan fingerprint density at radius 2 is 2.09 bits per heavy atom. The molecule has 3 rings (SSSR count). The lowest BCUT2D eigenvalue weighted by atomic mass is 9.97. The summed E-state index contributed by atoms with van der Waals surface area (Å²) in [4.78, 5) is 21.8. The third kappa shape index (κ3) is 3.90. The van der Waals surface area contributed by atoms with E-state index in [1.165, 1.54) is 0 Å². The number of carbonyl (C=O) groups is 1. The van der Waals surface area contributed by atoms with Gasteiger partial charge in [0.15, 0.2) is 0 Å². The number of aromatic nitrogens is 2. The number of carboxylic acid groups (broad SMARTS) is 1. The van der Waals surface area contributed by atoms with Crippen LogP contribution in [0.3, 0.4) is 0 Å². The average molecular weight is 333 g/mol. The van der Waals surface area contributed by atoms with Crippen LogP contribution in [0.1, 0.15) is 12.8 Å². The molecule has 0 spiro atoms. The number of carboxylic acids is 1. The molecule has 1 aliphatic rings. The largest absolute Gasteiger partial charge is 0.481 e. The van der Waals surface area contributed by atoms with Gasteiger partial charge >= 0.3 is 5.97 Å². The molecule has 6 nitrogen and oxygen atoms in total. The van der Waals surface area contributed by atoms with Crippen LogP contribution >= 0.6 is 11.6 Å². The minimum atomic E-state index is -0.712. The van der Waals surface area contributed by atoms with Gasteiger partial charge in [-0.25, -0.2) is 4.98 Å². The molecule has 0 amide bonds. The maximum atomic E-state index is 11.0. The van der Waals surface area contributed by atoms with Gasteiger partial charge in [-0.15, -0.1) is 0 Å². The smallest absolute Gasteiger partial charge is 0.306 e. The molecule has 120 valence electrons. The Bertz CT molecular complexity index is 702. The fraction of sp³-hybridized carbons (Fsp3) is 0.312. The number of aliphatic carboxylic acids is 1. The lowest BCUT2D eigenvalue weighted by Gasteiger charge is -2.31. The van der Waals surface area contributed by atoms with Crippen molar-refractivity contribution in [1.29, 1.82) is 0 Å². The molecule has 1 aromatic carbocycles. The molecule has 0 radical (unpaired) electrons. The zero-order chi connectivity index (χ0) is 16.2. The molecule has 1 fully saturated rings. The Morgan fingerprint density at radius 1 is 1.30 bits per heavy atom. The van der Waals surface area contributed by atoms with Crippen molar-refractivity contribution in [3.8, 4) is 0 Å². The van der Waals surface area contributed by atoms with Gasteiger partial charge in [0.25, 0.3) is 0 Å². The van der Waals surface area contributed by atoms with Crippen LogP contribution in [0.15, 0.2) is 36.5 Å². The van der Waals surface area contributed by atoms with Crippen LogP contribution in [0, 0.1) is 5.92 Å². The third-order valence-corrected chi connectivity index (χ3v) is 4.12. The van der Waals surface area contributed by atoms with Crippen molar-refractivity contribution in [1.82, 2.24) is 9.97 Å². The Hall–Kier alpha value is -2.34. The highest BCUT2D eigenvalue weighted by Gasteiger charge is 2.25. The number of halogens is 1. The summed E-state index contributed by atoms with van der Waals surface area (Å²) in [6.45, 7) is 1.37. The number of hydrogen-bond acceptors (Lipinski definition) is 5. The molecule has 1 aromatic heterocycles. The number of nitrogens with zero attached hydrogens (tertiary/aromatic N) is 3. The van der Waals surface area contributed by atoms with Crippen LogP contribution < -0.4 is 10.2 Å². The van der Waals surface area contributed by atoms with Gasteiger partial charge in [-0.05, 0) is 37.1 Å². The summed E-state index contributed by atoms with van der Waals surface area (Å²) < 4.78 is 0. The number of rotatable bonds is 4. The molecule has 7 heteroatoms. The highest BCUT2D eigenvalue weighted by atomic mass is 35.5. The summed E-state index contributed by atoms with van der Waals surface area (Å²) in [5.74, 6) is 0.325. The van der Waals surface area contributed by atoms with E-state index in [0.717, 1.165) is 11.5 Å². The average Bonchev–Trinajstić information content (AvgIpc) is 2.55. The second kappa shape index (κ2) is 6.83. The van der Waals surface area contributed by atoms with Crippen LogP contribution in [0.4, 0.5) is 17.5 Å². The van der Waals surface area contributed by atoms with E-state index in [0.29, 0.717) is 36.9 Å². The molecule has 2 N–H and O–H groups in total. The summed E-state index contributed by atoms with van der Waals surface area (Å²) in [5, 5.41) is 12.8. The van der Waals surface area contributed by atoms with Crippen molar-refractivity contribution in [2.75, 3.05) is 23.3 Å². The van der Waals surface area contributed by atoms with E-state index >= 15 is 0 Å². The van der Waals surface area contributed by atoms with Crippen molar-refractivity contribution in [3.63, 3.8) is 0 Å². The van der Waals surface area contributed by atoms with Crippen LogP contribution in [-0.2, 0) is 4.79 Å². The van der Waals surface area contributed by atoms with Gasteiger partial charge in [-0.2, -0.15) is 4.98 Å². The first-order valence-electron chi connectivity index (χ1n) is 7.45. The van der Waals surface area contributed by atoms with Crippen LogP contribution in [-0.4, -0.2) is 34.1 Å². The Kier molecular flexibility index (Phi) is 4.62. The molecule has 1 aliphatic heterocycles. The Labute approximate surface area is 139 Å². The van der Waals surface area contributed by atoms with Gasteiger partial charge in [0.1, 0.15) is 5.82 Å². The molecule has 23 heavy (non-hydrogen) atoms. The van der Waals surface area contributed by atoms with Gasteiger partial charge in [0, 0.05) is 30.0 Å². The van der Waals surface area contributed by atoms with E-state index in [-0.39, 0.29) is 5.92 Å². The first kappa shape index (κ1) is 15.6. The van der Waals surface area contributed by atoms with Gasteiger partial charge in [-0.3, -0.25) is 4.79 Å². The van der Waals surface area contributed by atoms with Crippen molar-refractivity contribution < 1.29 is 9.90 Å². The SMILES string of the molecule is O=C(O)C1CCN(c2ccnc(Nc3cccc(Cl)c3)n2)CC1. The van der Waals surface area contributed by atoms with Crippen LogP contribution in [0.5, 0.6) is 0 Å². The summed E-state index contributed by atoms with van der Waals surface area (Å²) in [5.41, 5.74) is 0.819. The zero-order valence-corrected chi connectivity index (χ0v) is 13.2. The molecule has 2 heterocycles. The Balaban J connectivity index is 1.69. The van der Waals surface area contributed by atoms with Gasteiger partial charge in [-0.1, -0.05) is 17.7 Å². The fourth-order valence-corrected chi connectivity index (χ4v) is 2.83. The Morgan fingerprint density at radius 3 is 2.78 bits per heavy atom. The molecule has 0 unspecified atom stereocenters. The summed E-state index contributed by atoms with van der Waals surface area (Å²) in [6, 6.07) is 9.18. The molecule has 1 saturated heterocycles. The second-order valence-electron chi connectivity index (χ2n) is 5.47. The molecule has 0 saturated carbocycles. The summed E-state index contributed by atoms with van der Waals surface area (Å²) in [7, 11) is 0. The molecule has 0 aliphatic carbocycles. The van der Waals surface area contributed by atoms with E-state index in [9.17, 15) is 4.79 Å². The fourth-order valence-electron chi connectivity index (χ4n) is 2.64. The lowest BCUT2D eigenvalue weighted by molar-refractivity contribution is -0.142. The van der Waals surface area contributed by atoms with Gasteiger partial charge in [0.2, 0.25) is 5.95 Å². The number of anilines is 3. The number of benzene rings is 1. The van der Waals surface area contributed by atoms with Crippen molar-refractivity contribution >= 4 is 35.0 Å². The zero-order valence-electron chi connectivity index (χ0n) is 12.4. The minimum Gasteiger partial charge on any atom is -0.481 e. The highest BCUT2D eigenvalue weighted by molar-refractivity contribution is 6.30. The first-order chi connectivity index (χ1) is 11.1. The standard InChI is InChI=1S/C16H17ClN4O2/c17-12-2-1-3-13(10-12)19-16-18-7-4-14(20-16)21-8-5-11(6-9-21)15(22)23/h1-4,7,10-11H,5-6,8-9H2,(H,22,23)(H,18,19,20). The van der Waals surface area contributed by atoms with Crippen molar-refractivity contribution in [3.05, 3.63) is 41.6 Å². The lowest BCUT2D eigenvalue weighted by Crippen LogP contribution is -2.36. The maximum absolute atomic E-state index is 11.0. The summed E-state index contributed by atoms with van der Waals surface area (Å²) >= 11 is 5.97. The molecule has 2 aromatic rings.